The monoisotopic (exact) mass is 273 g/mol. The third-order valence-electron chi connectivity index (χ3n) is 3.38. The van der Waals surface area contributed by atoms with Crippen LogP contribution in [0, 0.1) is 5.92 Å². The van der Waals surface area contributed by atoms with Crippen molar-refractivity contribution < 1.29 is 9.21 Å². The number of nitrogens with one attached hydrogen (secondary N) is 1. The number of anilines is 1. The molecule has 5 nitrogen and oxygen atoms in total. The van der Waals surface area contributed by atoms with Crippen molar-refractivity contribution in [2.24, 2.45) is 5.92 Å². The zero-order valence-electron chi connectivity index (χ0n) is 11.8. The molecule has 2 heterocycles. The van der Waals surface area contributed by atoms with Gasteiger partial charge in [0.2, 0.25) is 0 Å². The molecule has 2 aromatic heterocycles. The fourth-order valence-corrected chi connectivity index (χ4v) is 2.28. The zero-order chi connectivity index (χ0) is 14.1. The van der Waals surface area contributed by atoms with Crippen LogP contribution < -0.4 is 5.32 Å². The van der Waals surface area contributed by atoms with E-state index in [-0.39, 0.29) is 5.91 Å². The molecule has 0 unspecified atom stereocenters. The van der Waals surface area contributed by atoms with E-state index in [4.69, 9.17) is 4.42 Å². The molecular weight excluding hydrogens is 254 g/mol. The molecule has 20 heavy (non-hydrogen) atoms. The third kappa shape index (κ3) is 2.61. The van der Waals surface area contributed by atoms with Gasteiger partial charge in [-0.2, -0.15) is 5.10 Å². The van der Waals surface area contributed by atoms with Crippen LogP contribution in [-0.2, 0) is 6.54 Å². The Kier molecular flexibility index (Phi) is 3.34. The quantitative estimate of drug-likeness (QED) is 0.909. The van der Waals surface area contributed by atoms with Crippen LogP contribution in [0.15, 0.2) is 29.0 Å². The van der Waals surface area contributed by atoms with Gasteiger partial charge in [0.05, 0.1) is 18.0 Å². The summed E-state index contributed by atoms with van der Waals surface area (Å²) in [4.78, 5) is 12.4. The molecule has 1 fully saturated rings. The lowest BCUT2D eigenvalue weighted by Crippen LogP contribution is -2.17. The van der Waals surface area contributed by atoms with E-state index < -0.39 is 0 Å². The van der Waals surface area contributed by atoms with Gasteiger partial charge in [-0.25, -0.2) is 4.68 Å². The number of hydrogen-bond acceptors (Lipinski definition) is 3. The number of carbonyl (C=O) groups excluding carboxylic acids is 1. The van der Waals surface area contributed by atoms with Crippen LogP contribution in [0.25, 0.3) is 0 Å². The van der Waals surface area contributed by atoms with Crippen molar-refractivity contribution in [2.75, 3.05) is 5.32 Å². The second-order valence-electron chi connectivity index (χ2n) is 5.72. The van der Waals surface area contributed by atoms with Gasteiger partial charge in [0.25, 0.3) is 5.91 Å². The molecular formula is C15H19N3O2. The van der Waals surface area contributed by atoms with Crippen molar-refractivity contribution in [3.05, 3.63) is 35.9 Å². The highest BCUT2D eigenvalue weighted by Gasteiger charge is 2.31. The van der Waals surface area contributed by atoms with Crippen LogP contribution >= 0.6 is 0 Å². The smallest absolute Gasteiger partial charge is 0.260 e. The van der Waals surface area contributed by atoms with Crippen LogP contribution in [0.2, 0.25) is 0 Å². The highest BCUT2D eigenvalue weighted by molar-refractivity contribution is 6.04. The summed E-state index contributed by atoms with van der Waals surface area (Å²) in [5, 5.41) is 7.16. The van der Waals surface area contributed by atoms with E-state index in [9.17, 15) is 4.79 Å². The molecule has 1 aliphatic rings. The van der Waals surface area contributed by atoms with Gasteiger partial charge < -0.3 is 9.73 Å². The predicted molar refractivity (Wildman–Crippen MR) is 75.7 cm³/mol. The number of rotatable bonds is 5. The van der Waals surface area contributed by atoms with Gasteiger partial charge >= 0.3 is 0 Å². The van der Waals surface area contributed by atoms with E-state index in [0.29, 0.717) is 17.4 Å². The maximum atomic E-state index is 12.4. The van der Waals surface area contributed by atoms with Gasteiger partial charge in [0.1, 0.15) is 11.6 Å². The molecule has 3 rings (SSSR count). The Labute approximate surface area is 118 Å². The van der Waals surface area contributed by atoms with E-state index in [1.165, 1.54) is 0 Å². The normalized spacial score (nSPS) is 14.8. The summed E-state index contributed by atoms with van der Waals surface area (Å²) in [5.41, 5.74) is 0.643. The van der Waals surface area contributed by atoms with Gasteiger partial charge in [-0.3, -0.25) is 4.79 Å². The number of amides is 1. The molecule has 1 amide bonds. The standard InChI is InChI=1S/C15H19N3O2/c1-10(2)9-18-13(5-7-16-18)17-15(19)12-6-8-20-14(12)11-3-4-11/h5-8,10-11H,3-4,9H2,1-2H3,(H,17,19). The van der Waals surface area contributed by atoms with Crippen molar-refractivity contribution in [3.63, 3.8) is 0 Å². The molecule has 5 heteroatoms. The Bertz CT molecular complexity index is 608. The van der Waals surface area contributed by atoms with Gasteiger partial charge in [0, 0.05) is 18.5 Å². The molecule has 1 N–H and O–H groups in total. The summed E-state index contributed by atoms with van der Waals surface area (Å²) >= 11 is 0. The van der Waals surface area contributed by atoms with Crippen molar-refractivity contribution in [1.82, 2.24) is 9.78 Å². The van der Waals surface area contributed by atoms with Crippen LogP contribution in [0.1, 0.15) is 48.7 Å². The van der Waals surface area contributed by atoms with Crippen LogP contribution in [0.5, 0.6) is 0 Å². The van der Waals surface area contributed by atoms with E-state index in [0.717, 1.165) is 31.0 Å². The number of furan rings is 1. The molecule has 1 aliphatic carbocycles. The van der Waals surface area contributed by atoms with Crippen molar-refractivity contribution in [2.45, 2.75) is 39.2 Å². The summed E-state index contributed by atoms with van der Waals surface area (Å²) in [6.07, 6.45) is 5.52. The topological polar surface area (TPSA) is 60.1 Å². The number of nitrogens with zero attached hydrogens (tertiary/aromatic N) is 2. The Morgan fingerprint density at radius 2 is 2.30 bits per heavy atom. The second-order valence-corrected chi connectivity index (χ2v) is 5.72. The molecule has 0 atom stereocenters. The summed E-state index contributed by atoms with van der Waals surface area (Å²) in [6, 6.07) is 3.56. The molecule has 0 aliphatic heterocycles. The minimum absolute atomic E-state index is 0.119. The first-order valence-electron chi connectivity index (χ1n) is 7.05. The SMILES string of the molecule is CC(C)Cn1nccc1NC(=O)c1ccoc1C1CC1. The van der Waals surface area contributed by atoms with E-state index in [2.05, 4.69) is 24.3 Å². The van der Waals surface area contributed by atoms with Crippen molar-refractivity contribution in [3.8, 4) is 0 Å². The number of hydrogen-bond donors (Lipinski definition) is 1. The maximum absolute atomic E-state index is 12.4. The van der Waals surface area contributed by atoms with Gasteiger partial charge in [-0.15, -0.1) is 0 Å². The van der Waals surface area contributed by atoms with E-state index >= 15 is 0 Å². The van der Waals surface area contributed by atoms with E-state index in [1.54, 1.807) is 18.5 Å². The lowest BCUT2D eigenvalue weighted by atomic mass is 10.2. The van der Waals surface area contributed by atoms with Crippen molar-refractivity contribution >= 4 is 11.7 Å². The summed E-state index contributed by atoms with van der Waals surface area (Å²) in [7, 11) is 0. The highest BCUT2D eigenvalue weighted by atomic mass is 16.3. The fourth-order valence-electron chi connectivity index (χ4n) is 2.28. The summed E-state index contributed by atoms with van der Waals surface area (Å²) in [6.45, 7) is 5.02. The van der Waals surface area contributed by atoms with Gasteiger partial charge in [-0.05, 0) is 24.8 Å². The first-order chi connectivity index (χ1) is 9.65. The average molecular weight is 273 g/mol. The third-order valence-corrected chi connectivity index (χ3v) is 3.38. The van der Waals surface area contributed by atoms with Gasteiger partial charge in [0.15, 0.2) is 0 Å². The molecule has 0 spiro atoms. The summed E-state index contributed by atoms with van der Waals surface area (Å²) in [5.74, 6) is 2.32. The van der Waals surface area contributed by atoms with Gasteiger partial charge in [-0.1, -0.05) is 13.8 Å². The lowest BCUT2D eigenvalue weighted by Gasteiger charge is -2.10. The molecule has 0 radical (unpaired) electrons. The van der Waals surface area contributed by atoms with E-state index in [1.807, 2.05) is 10.7 Å². The molecule has 106 valence electrons. The van der Waals surface area contributed by atoms with Crippen LogP contribution in [-0.4, -0.2) is 15.7 Å². The second kappa shape index (κ2) is 5.15. The largest absolute Gasteiger partial charge is 0.468 e. The van der Waals surface area contributed by atoms with Crippen LogP contribution in [0.3, 0.4) is 0 Å². The van der Waals surface area contributed by atoms with Crippen LogP contribution in [0.4, 0.5) is 5.82 Å². The lowest BCUT2D eigenvalue weighted by molar-refractivity contribution is 0.102. The first-order valence-corrected chi connectivity index (χ1v) is 7.05. The molecule has 0 bridgehead atoms. The Balaban J connectivity index is 1.75. The number of carbonyl (C=O) groups is 1. The van der Waals surface area contributed by atoms with Crippen molar-refractivity contribution in [1.29, 1.82) is 0 Å². The Morgan fingerprint density at radius 3 is 3.00 bits per heavy atom. The maximum Gasteiger partial charge on any atom is 0.260 e. The number of aromatic nitrogens is 2. The first kappa shape index (κ1) is 13.0. The minimum atomic E-state index is -0.119. The predicted octanol–water partition coefficient (Wildman–Crippen LogP) is 3.26. The molecule has 1 saturated carbocycles. The fraction of sp³-hybridized carbons (Fsp3) is 0.467. The molecule has 0 aromatic carbocycles. The zero-order valence-corrected chi connectivity index (χ0v) is 11.8. The Hall–Kier alpha value is -2.04. The Morgan fingerprint density at radius 1 is 1.50 bits per heavy atom. The average Bonchev–Trinajstić information content (AvgIpc) is 2.96. The summed E-state index contributed by atoms with van der Waals surface area (Å²) < 4.78 is 7.26. The molecule has 0 saturated heterocycles. The molecule has 2 aromatic rings. The minimum Gasteiger partial charge on any atom is -0.468 e. The highest BCUT2D eigenvalue weighted by Crippen LogP contribution is 2.42.